The van der Waals surface area contributed by atoms with Crippen LogP contribution in [0.2, 0.25) is 0 Å². The van der Waals surface area contributed by atoms with Crippen molar-refractivity contribution in [2.24, 2.45) is 0 Å². The molecular formula is C9H15IO2. The molecule has 0 amide bonds. The minimum absolute atomic E-state index is 0.0694. The van der Waals surface area contributed by atoms with Crippen LogP contribution in [0, 0.1) is 0 Å². The standard InChI is InChI=1S/C9H15IO2/c1-9(12-8(11)7-10)5-3-2-4-6-9/h2-7H2,1H3. The summed E-state index contributed by atoms with van der Waals surface area (Å²) in [7, 11) is 0. The molecule has 0 saturated heterocycles. The molecule has 0 aromatic carbocycles. The summed E-state index contributed by atoms with van der Waals surface area (Å²) < 4.78 is 5.85. The molecule has 0 spiro atoms. The van der Waals surface area contributed by atoms with Crippen LogP contribution in [0.4, 0.5) is 0 Å². The van der Waals surface area contributed by atoms with E-state index in [2.05, 4.69) is 6.92 Å². The lowest BCUT2D eigenvalue weighted by Gasteiger charge is -2.32. The van der Waals surface area contributed by atoms with E-state index in [1.54, 1.807) is 0 Å². The van der Waals surface area contributed by atoms with Gasteiger partial charge in [-0.3, -0.25) is 4.79 Å². The zero-order chi connectivity index (χ0) is 9.03. The topological polar surface area (TPSA) is 26.3 Å². The van der Waals surface area contributed by atoms with Gasteiger partial charge in [-0.1, -0.05) is 29.0 Å². The van der Waals surface area contributed by atoms with Gasteiger partial charge in [0.05, 0.1) is 4.43 Å². The highest BCUT2D eigenvalue weighted by atomic mass is 127. The lowest BCUT2D eigenvalue weighted by molar-refractivity contribution is -0.157. The fourth-order valence-electron chi connectivity index (χ4n) is 1.70. The normalized spacial score (nSPS) is 21.8. The number of ether oxygens (including phenoxy) is 1. The highest BCUT2D eigenvalue weighted by molar-refractivity contribution is 14.1. The summed E-state index contributed by atoms with van der Waals surface area (Å²) in [5.41, 5.74) is -0.152. The van der Waals surface area contributed by atoms with Crippen molar-refractivity contribution < 1.29 is 9.53 Å². The molecule has 0 aliphatic heterocycles. The van der Waals surface area contributed by atoms with Crippen LogP contribution in [-0.2, 0) is 9.53 Å². The maximum absolute atomic E-state index is 11.1. The third-order valence-electron chi connectivity index (χ3n) is 2.38. The zero-order valence-electron chi connectivity index (χ0n) is 7.44. The monoisotopic (exact) mass is 282 g/mol. The summed E-state index contributed by atoms with van der Waals surface area (Å²) in [6, 6.07) is 0. The van der Waals surface area contributed by atoms with Crippen LogP contribution in [0.25, 0.3) is 0 Å². The minimum Gasteiger partial charge on any atom is -0.459 e. The molecule has 2 nitrogen and oxygen atoms in total. The van der Waals surface area contributed by atoms with Gasteiger partial charge >= 0.3 is 5.97 Å². The Hall–Kier alpha value is 0.200. The third-order valence-corrected chi connectivity index (χ3v) is 3.00. The lowest BCUT2D eigenvalue weighted by atomic mass is 9.86. The number of carbonyl (C=O) groups excluding carboxylic acids is 1. The maximum atomic E-state index is 11.1. The second-order valence-electron chi connectivity index (χ2n) is 3.62. The Labute approximate surface area is 87.2 Å². The van der Waals surface area contributed by atoms with Crippen molar-refractivity contribution in [1.29, 1.82) is 0 Å². The second-order valence-corrected chi connectivity index (χ2v) is 4.38. The van der Waals surface area contributed by atoms with E-state index < -0.39 is 0 Å². The molecule has 1 fully saturated rings. The van der Waals surface area contributed by atoms with E-state index in [4.69, 9.17) is 4.74 Å². The Morgan fingerprint density at radius 1 is 1.42 bits per heavy atom. The molecule has 0 aromatic heterocycles. The number of halogens is 1. The predicted octanol–water partition coefficient (Wildman–Crippen LogP) is 2.69. The first-order chi connectivity index (χ1) is 5.66. The number of hydrogen-bond acceptors (Lipinski definition) is 2. The molecule has 0 heterocycles. The predicted molar refractivity (Wildman–Crippen MR) is 56.5 cm³/mol. The van der Waals surface area contributed by atoms with E-state index in [9.17, 15) is 4.79 Å². The highest BCUT2D eigenvalue weighted by Crippen LogP contribution is 2.31. The molecule has 1 rings (SSSR count). The Morgan fingerprint density at radius 2 is 2.00 bits per heavy atom. The van der Waals surface area contributed by atoms with Crippen molar-refractivity contribution in [2.75, 3.05) is 4.43 Å². The molecule has 0 bridgehead atoms. The smallest absolute Gasteiger partial charge is 0.316 e. The van der Waals surface area contributed by atoms with Crippen LogP contribution in [0.15, 0.2) is 0 Å². The highest BCUT2D eigenvalue weighted by Gasteiger charge is 2.30. The van der Waals surface area contributed by atoms with Crippen molar-refractivity contribution in [2.45, 2.75) is 44.6 Å². The van der Waals surface area contributed by atoms with Crippen molar-refractivity contribution in [3.63, 3.8) is 0 Å². The van der Waals surface area contributed by atoms with Gasteiger partial charge < -0.3 is 4.74 Å². The Balaban J connectivity index is 2.41. The molecule has 3 heteroatoms. The Morgan fingerprint density at radius 3 is 2.50 bits per heavy atom. The van der Waals surface area contributed by atoms with Crippen LogP contribution in [0.1, 0.15) is 39.0 Å². The van der Waals surface area contributed by atoms with Crippen molar-refractivity contribution in [3.05, 3.63) is 0 Å². The van der Waals surface area contributed by atoms with Crippen molar-refractivity contribution in [1.82, 2.24) is 0 Å². The van der Waals surface area contributed by atoms with Gasteiger partial charge in [0.15, 0.2) is 0 Å². The first-order valence-electron chi connectivity index (χ1n) is 4.44. The van der Waals surface area contributed by atoms with E-state index in [1.807, 2.05) is 22.6 Å². The summed E-state index contributed by atoms with van der Waals surface area (Å²) >= 11 is 2.04. The molecule has 0 N–H and O–H groups in total. The van der Waals surface area contributed by atoms with Gasteiger partial charge in [-0.25, -0.2) is 0 Å². The number of hydrogen-bond donors (Lipinski definition) is 0. The maximum Gasteiger partial charge on any atom is 0.316 e. The molecule has 0 aromatic rings. The quantitative estimate of drug-likeness (QED) is 0.442. The molecule has 1 saturated carbocycles. The summed E-state index contributed by atoms with van der Waals surface area (Å²) in [5.74, 6) is -0.0694. The average molecular weight is 282 g/mol. The second kappa shape index (κ2) is 4.44. The van der Waals surface area contributed by atoms with Gasteiger partial charge in [0.25, 0.3) is 0 Å². The van der Waals surface area contributed by atoms with Crippen molar-refractivity contribution in [3.8, 4) is 0 Å². The van der Waals surface area contributed by atoms with Gasteiger partial charge in [0.1, 0.15) is 5.60 Å². The first-order valence-corrected chi connectivity index (χ1v) is 5.97. The van der Waals surface area contributed by atoms with E-state index in [0.717, 1.165) is 12.8 Å². The molecule has 1 aliphatic carbocycles. The number of esters is 1. The van der Waals surface area contributed by atoms with Crippen LogP contribution >= 0.6 is 22.6 Å². The zero-order valence-corrected chi connectivity index (χ0v) is 9.59. The van der Waals surface area contributed by atoms with E-state index in [1.165, 1.54) is 19.3 Å². The first kappa shape index (κ1) is 10.3. The van der Waals surface area contributed by atoms with Crippen LogP contribution in [0.5, 0.6) is 0 Å². The summed E-state index contributed by atoms with van der Waals surface area (Å²) in [6.07, 6.45) is 5.76. The van der Waals surface area contributed by atoms with Gasteiger partial charge in [-0.15, -0.1) is 0 Å². The fourth-order valence-corrected chi connectivity index (χ4v) is 1.86. The number of carbonyl (C=O) groups is 1. The number of rotatable bonds is 2. The Bertz CT molecular complexity index is 162. The van der Waals surface area contributed by atoms with Crippen LogP contribution < -0.4 is 0 Å². The van der Waals surface area contributed by atoms with E-state index >= 15 is 0 Å². The molecule has 0 atom stereocenters. The van der Waals surface area contributed by atoms with E-state index in [-0.39, 0.29) is 11.6 Å². The van der Waals surface area contributed by atoms with Gasteiger partial charge in [-0.2, -0.15) is 0 Å². The lowest BCUT2D eigenvalue weighted by Crippen LogP contribution is -2.34. The SMILES string of the molecule is CC1(OC(=O)CI)CCCCC1. The Kier molecular flexibility index (Phi) is 3.80. The minimum atomic E-state index is -0.152. The van der Waals surface area contributed by atoms with Gasteiger partial charge in [-0.05, 0) is 32.6 Å². The fraction of sp³-hybridized carbons (Fsp3) is 0.889. The van der Waals surface area contributed by atoms with Gasteiger partial charge in [0, 0.05) is 0 Å². The molecule has 70 valence electrons. The number of alkyl halides is 1. The summed E-state index contributed by atoms with van der Waals surface area (Å²) in [4.78, 5) is 11.1. The largest absolute Gasteiger partial charge is 0.459 e. The van der Waals surface area contributed by atoms with Crippen LogP contribution in [0.3, 0.4) is 0 Å². The average Bonchev–Trinajstić information content (AvgIpc) is 2.05. The third kappa shape index (κ3) is 2.92. The van der Waals surface area contributed by atoms with Crippen LogP contribution in [-0.4, -0.2) is 16.0 Å². The molecular weight excluding hydrogens is 267 g/mol. The summed E-state index contributed by atoms with van der Waals surface area (Å²) in [5, 5.41) is 0. The molecule has 12 heavy (non-hydrogen) atoms. The van der Waals surface area contributed by atoms with E-state index in [0.29, 0.717) is 4.43 Å². The van der Waals surface area contributed by atoms with Gasteiger partial charge in [0.2, 0.25) is 0 Å². The molecule has 1 aliphatic rings. The van der Waals surface area contributed by atoms with Crippen molar-refractivity contribution >= 4 is 28.6 Å². The summed E-state index contributed by atoms with van der Waals surface area (Å²) in [6.45, 7) is 2.05. The molecule has 0 radical (unpaired) electrons. The molecule has 0 unspecified atom stereocenters.